The predicted octanol–water partition coefficient (Wildman–Crippen LogP) is -2.35. The molecule has 0 radical (unpaired) electrons. The van der Waals surface area contributed by atoms with Crippen LogP contribution in [0, 0.1) is 17.8 Å². The molecular weight excluding hydrogens is 1520 g/mol. The summed E-state index contributed by atoms with van der Waals surface area (Å²) >= 11 is 4.31. The lowest BCUT2D eigenvalue weighted by Gasteiger charge is -2.28. The van der Waals surface area contributed by atoms with Gasteiger partial charge in [-0.1, -0.05) is 90.1 Å². The third-order valence-corrected chi connectivity index (χ3v) is 18.1. The highest BCUT2D eigenvalue weighted by atomic mass is 32.1. The van der Waals surface area contributed by atoms with Crippen molar-refractivity contribution in [2.24, 2.45) is 40.7 Å². The number of aliphatic hydroxyl groups is 1. The number of carbonyl (C=O) groups excluding carboxylic acids is 14. The van der Waals surface area contributed by atoms with E-state index >= 15 is 0 Å². The van der Waals surface area contributed by atoms with E-state index in [0.717, 1.165) is 0 Å². The number of hydrogen-bond acceptors (Lipinski definition) is 21. The Kier molecular flexibility index (Phi) is 40.4. The molecule has 0 saturated carbocycles. The van der Waals surface area contributed by atoms with Gasteiger partial charge in [0.15, 0.2) is 0 Å². The molecule has 0 fully saturated rings. The van der Waals surface area contributed by atoms with Gasteiger partial charge in [0, 0.05) is 66.3 Å². The van der Waals surface area contributed by atoms with Crippen LogP contribution in [0.3, 0.4) is 0 Å². The second-order valence-electron chi connectivity index (χ2n) is 28.9. The molecule has 0 aliphatic heterocycles. The van der Waals surface area contributed by atoms with Crippen LogP contribution in [0.2, 0.25) is 0 Å². The van der Waals surface area contributed by atoms with E-state index in [0.29, 0.717) is 22.0 Å². The molecule has 38 nitrogen and oxygen atoms in total. The molecule has 39 heteroatoms. The molecule has 0 unspecified atom stereocenters. The first kappa shape index (κ1) is 95.8. The van der Waals surface area contributed by atoms with Gasteiger partial charge in [0.05, 0.1) is 26.0 Å². The topological polar surface area (TPSA) is 627 Å². The van der Waals surface area contributed by atoms with E-state index in [2.05, 4.69) is 76.1 Å². The molecule has 24 N–H and O–H groups in total. The van der Waals surface area contributed by atoms with Gasteiger partial charge in [-0.05, 0) is 117 Å². The van der Waals surface area contributed by atoms with Crippen molar-refractivity contribution in [2.45, 2.75) is 198 Å². The number of carbonyl (C=O) groups is 17. The molecule has 0 spiro atoms. The number of carboxylic acid groups (broad SMARTS) is 3. The molecule has 4 rings (SSSR count). The van der Waals surface area contributed by atoms with Crippen molar-refractivity contribution in [3.63, 3.8) is 0 Å². The van der Waals surface area contributed by atoms with Crippen molar-refractivity contribution in [3.05, 3.63) is 102 Å². The summed E-state index contributed by atoms with van der Waals surface area (Å²) in [5, 5.41) is 67.0. The lowest BCUT2D eigenvalue weighted by molar-refractivity contribution is -0.141. The van der Waals surface area contributed by atoms with Crippen molar-refractivity contribution >= 4 is 130 Å². The number of primary amides is 2. The number of nitrogens with two attached hydrogens (primary N) is 4. The maximum atomic E-state index is 14.7. The Morgan fingerprint density at radius 1 is 0.470 bits per heavy atom. The number of H-pyrrole nitrogens is 1. The first-order valence-electron chi connectivity index (χ1n) is 37.6. The number of nitrogens with one attached hydrogen (secondary N) is 12. The van der Waals surface area contributed by atoms with Crippen LogP contribution in [0.5, 0.6) is 0 Å². The highest BCUT2D eigenvalue weighted by Crippen LogP contribution is 2.22. The Morgan fingerprint density at radius 2 is 0.904 bits per heavy atom. The van der Waals surface area contributed by atoms with E-state index < -0.39 is 225 Å². The van der Waals surface area contributed by atoms with Crippen LogP contribution in [-0.4, -0.2) is 224 Å². The largest absolute Gasteiger partial charge is 0.481 e. The highest BCUT2D eigenvalue weighted by molar-refractivity contribution is 7.80. The number of benzene rings is 3. The zero-order valence-electron chi connectivity index (χ0n) is 65.0. The summed E-state index contributed by atoms with van der Waals surface area (Å²) in [4.78, 5) is 235. The summed E-state index contributed by atoms with van der Waals surface area (Å²) in [6.07, 6.45) is -3.86. The number of rotatable bonds is 52. The third kappa shape index (κ3) is 33.6. The highest BCUT2D eigenvalue weighted by Gasteiger charge is 2.38. The number of thiol groups is 1. The van der Waals surface area contributed by atoms with Gasteiger partial charge in [-0.25, -0.2) is 0 Å². The minimum Gasteiger partial charge on any atom is -0.481 e. The van der Waals surface area contributed by atoms with Gasteiger partial charge in [-0.15, -0.1) is 0 Å². The Hall–Kier alpha value is -11.6. The zero-order chi connectivity index (χ0) is 85.8. The Morgan fingerprint density at radius 3 is 1.38 bits per heavy atom. The monoisotopic (exact) mass is 1630 g/mol. The van der Waals surface area contributed by atoms with Crippen molar-refractivity contribution in [1.82, 2.24) is 63.5 Å². The van der Waals surface area contributed by atoms with Gasteiger partial charge in [0.1, 0.15) is 66.5 Å². The summed E-state index contributed by atoms with van der Waals surface area (Å²) in [6, 6.07) is 2.68. The van der Waals surface area contributed by atoms with E-state index in [-0.39, 0.29) is 93.3 Å². The van der Waals surface area contributed by atoms with E-state index in [1.165, 1.54) is 29.2 Å². The average molecular weight is 1630 g/mol. The fourth-order valence-corrected chi connectivity index (χ4v) is 12.2. The minimum absolute atomic E-state index is 0.00779. The summed E-state index contributed by atoms with van der Waals surface area (Å²) in [6.45, 7) is 9.04. The summed E-state index contributed by atoms with van der Waals surface area (Å²) < 4.78 is 0. The molecule has 115 heavy (non-hydrogen) atoms. The predicted molar refractivity (Wildman–Crippen MR) is 422 cm³/mol. The normalized spacial score (nSPS) is 14.1. The molecule has 0 aliphatic carbocycles. The summed E-state index contributed by atoms with van der Waals surface area (Å²) in [7, 11) is 0. The number of anilines is 1. The van der Waals surface area contributed by atoms with Gasteiger partial charge >= 0.3 is 17.9 Å². The average Bonchev–Trinajstić information content (AvgIpc) is 1.75. The van der Waals surface area contributed by atoms with Crippen LogP contribution in [0.1, 0.15) is 140 Å². The molecule has 11 atom stereocenters. The Labute approximate surface area is 669 Å². The van der Waals surface area contributed by atoms with Gasteiger partial charge in [-0.3, -0.25) is 81.5 Å². The molecule has 1 heterocycles. The molecular formula is C76H109N17O21S. The number of unbranched alkanes of at least 4 members (excludes halogenated alkanes) is 1. The SMILES string of the molecule is CC(C)C[C@H](NC(=O)c1ccc(N(CCS)C(=O)CNC(=O)[C@H](Cc2c[nH]c3ccccc23)NC(=O)[C@H](CC(=O)O)NC(=O)[C@H](CCCCN)NC(=O)[C@H](CC(C)C)NC(=O)[C@H](CCC(=O)O)NC(=O)[C@H](CCC(=O)O)NC(=O)[C@H](Cc2ccccc2)NC(=O)[C@H](CC(N)=O)NC(=O)[C@H](CC(C)C)NC(=O)[C@@H](N)CO)cc1)C(N)=O. The van der Waals surface area contributed by atoms with Crippen molar-refractivity contribution in [1.29, 1.82) is 0 Å². The number of para-hydroxylation sites is 1. The van der Waals surface area contributed by atoms with Crippen LogP contribution >= 0.6 is 12.6 Å². The van der Waals surface area contributed by atoms with E-state index in [1.807, 2.05) is 13.8 Å². The van der Waals surface area contributed by atoms with Crippen LogP contribution in [0.4, 0.5) is 5.69 Å². The maximum absolute atomic E-state index is 14.7. The lowest BCUT2D eigenvalue weighted by atomic mass is 10.00. The number of aromatic amines is 1. The molecule has 0 bridgehead atoms. The van der Waals surface area contributed by atoms with Gasteiger partial charge in [0.25, 0.3) is 5.91 Å². The van der Waals surface area contributed by atoms with Gasteiger partial charge < -0.3 is 112 Å². The van der Waals surface area contributed by atoms with Crippen LogP contribution in [-0.2, 0) is 89.6 Å². The number of hydrogen-bond donors (Lipinski definition) is 21. The summed E-state index contributed by atoms with van der Waals surface area (Å²) in [5.41, 5.74) is 24.5. The fraction of sp³-hybridized carbons (Fsp3) is 0.513. The number of aliphatic hydroxyl groups excluding tert-OH is 1. The first-order chi connectivity index (χ1) is 54.3. The second-order valence-corrected chi connectivity index (χ2v) is 29.3. The number of carboxylic acids is 3. The van der Waals surface area contributed by atoms with E-state index in [1.54, 1.807) is 88.5 Å². The molecule has 1 aromatic heterocycles. The molecule has 0 saturated heterocycles. The van der Waals surface area contributed by atoms with E-state index in [9.17, 15) is 102 Å². The van der Waals surface area contributed by atoms with Crippen LogP contribution in [0.25, 0.3) is 10.9 Å². The Bertz CT molecular complexity index is 4030. The molecule has 630 valence electrons. The minimum atomic E-state index is -1.98. The number of nitrogens with zero attached hydrogens (tertiary/aromatic N) is 1. The number of fused-ring (bicyclic) bond motifs is 1. The van der Waals surface area contributed by atoms with E-state index in [4.69, 9.17) is 22.9 Å². The molecule has 0 aliphatic rings. The fourth-order valence-electron chi connectivity index (χ4n) is 12.0. The standard InChI is InChI=1S/C76H109N17O21S/c1-40(2)30-53(65(80)103)86-66(104)44-19-21-46(22-20-44)93(28-29-115)61(96)38-82-68(106)57(34-45-37-81-49-17-11-10-16-47(45)49)90-76(114)59(36-64(101)102)92-69(107)50(18-12-13-27-77)83-72(110)55(32-42(5)6)88-71(109)52(24-26-63(99)100)84-70(108)51(23-25-62(97)98)85-74(112)56(33-43-14-8-7-9-15-43)89-75(113)58(35-60(79)95)91-73(111)54(31-41(3)4)87-67(105)48(78)39-94/h7-11,14-17,19-22,37,40-42,48,50-59,81,94,115H,12-13,18,23-36,38-39,77-78H2,1-6H3,(H2,79,95)(H2,80,103)(H,82,106)(H,83,110)(H,84,108)(H,85,112)(H,86,104)(H,87,105)(H,88,109)(H,89,113)(H,90,114)(H,91,111)(H,92,107)(H,97,98)(H,99,100)(H,101,102)/t48-,50-,51-,52-,53-,54-,55-,56-,57-,58-,59-/m0/s1. The van der Waals surface area contributed by atoms with Crippen LogP contribution < -0.4 is 86.3 Å². The third-order valence-electron chi connectivity index (χ3n) is 17.9. The van der Waals surface area contributed by atoms with Gasteiger partial charge in [-0.2, -0.15) is 12.6 Å². The quantitative estimate of drug-likeness (QED) is 0.0162. The second kappa shape index (κ2) is 48.5. The number of aromatic nitrogens is 1. The van der Waals surface area contributed by atoms with Crippen molar-refractivity contribution < 1.29 is 102 Å². The maximum Gasteiger partial charge on any atom is 0.305 e. The molecule has 3 aromatic carbocycles. The summed E-state index contributed by atoms with van der Waals surface area (Å²) in [5.74, 6) is -19.3. The lowest BCUT2D eigenvalue weighted by Crippen LogP contribution is -2.61. The van der Waals surface area contributed by atoms with Gasteiger partial charge in [0.2, 0.25) is 76.8 Å². The molecule has 4 aromatic rings. The Balaban J connectivity index is 1.64. The van der Waals surface area contributed by atoms with Crippen LogP contribution in [0.15, 0.2) is 85.1 Å². The number of aliphatic carboxylic acids is 3. The number of amides is 14. The van der Waals surface area contributed by atoms with Crippen molar-refractivity contribution in [3.8, 4) is 0 Å². The zero-order valence-corrected chi connectivity index (χ0v) is 65.9. The smallest absolute Gasteiger partial charge is 0.305 e. The molecule has 14 amide bonds. The van der Waals surface area contributed by atoms with Crippen molar-refractivity contribution in [2.75, 3.05) is 36.9 Å². The first-order valence-corrected chi connectivity index (χ1v) is 38.2.